The molecule has 0 aliphatic rings. The van der Waals surface area contributed by atoms with E-state index >= 15 is 0 Å². The predicted octanol–water partition coefficient (Wildman–Crippen LogP) is 2.71. The van der Waals surface area contributed by atoms with Crippen molar-refractivity contribution in [1.82, 2.24) is 14.2 Å². The van der Waals surface area contributed by atoms with E-state index in [0.29, 0.717) is 5.92 Å². The van der Waals surface area contributed by atoms with Crippen LogP contribution in [0.5, 0.6) is 0 Å². The number of unbranched alkanes of at least 4 members (excludes halogenated alkanes) is 1. The average Bonchev–Trinajstić information content (AvgIpc) is 2.72. The van der Waals surface area contributed by atoms with Crippen LogP contribution in [0.3, 0.4) is 0 Å². The van der Waals surface area contributed by atoms with Crippen LogP contribution in [0.25, 0.3) is 5.65 Å². The second-order valence-electron chi connectivity index (χ2n) is 4.81. The van der Waals surface area contributed by atoms with Crippen molar-refractivity contribution < 1.29 is 0 Å². The minimum absolute atomic E-state index is 0.0273. The molecule has 0 bridgehead atoms. The minimum atomic E-state index is -0.0273. The summed E-state index contributed by atoms with van der Waals surface area (Å²) in [5.41, 5.74) is 0.702. The van der Waals surface area contributed by atoms with Gasteiger partial charge in [0.05, 0.1) is 0 Å². The number of aromatic nitrogens is 3. The fourth-order valence-corrected chi connectivity index (χ4v) is 2.25. The van der Waals surface area contributed by atoms with Gasteiger partial charge >= 0.3 is 5.69 Å². The van der Waals surface area contributed by atoms with Gasteiger partial charge in [-0.2, -0.15) is 0 Å². The maximum atomic E-state index is 12.1. The van der Waals surface area contributed by atoms with Crippen molar-refractivity contribution in [3.63, 3.8) is 0 Å². The average molecular weight is 247 g/mol. The molecule has 4 nitrogen and oxygen atoms in total. The van der Waals surface area contributed by atoms with Crippen LogP contribution in [-0.4, -0.2) is 14.2 Å². The molecule has 0 aliphatic carbocycles. The second-order valence-corrected chi connectivity index (χ2v) is 4.81. The summed E-state index contributed by atoms with van der Waals surface area (Å²) in [7, 11) is 0. The van der Waals surface area contributed by atoms with Crippen LogP contribution in [0.15, 0.2) is 29.2 Å². The smallest absolute Gasteiger partial charge is 0.250 e. The number of fused-ring (bicyclic) bond motifs is 1. The first-order valence-electron chi connectivity index (χ1n) is 6.80. The largest absolute Gasteiger partial charge is 0.350 e. The van der Waals surface area contributed by atoms with Crippen molar-refractivity contribution in [3.05, 3.63) is 34.9 Å². The summed E-state index contributed by atoms with van der Waals surface area (Å²) in [5.74, 6) is 0.549. The fraction of sp³-hybridized carbons (Fsp3) is 0.571. The summed E-state index contributed by atoms with van der Waals surface area (Å²) in [6.07, 6.45) is 6.47. The Bertz CT molecular complexity index is 555. The minimum Gasteiger partial charge on any atom is -0.250 e. The van der Waals surface area contributed by atoms with Crippen molar-refractivity contribution >= 4 is 5.65 Å². The van der Waals surface area contributed by atoms with E-state index in [-0.39, 0.29) is 5.69 Å². The van der Waals surface area contributed by atoms with Crippen LogP contribution in [0.1, 0.15) is 39.5 Å². The zero-order chi connectivity index (χ0) is 13.0. The number of nitrogens with zero attached hydrogens (tertiary/aromatic N) is 3. The molecule has 0 saturated carbocycles. The van der Waals surface area contributed by atoms with E-state index in [1.807, 2.05) is 18.2 Å². The van der Waals surface area contributed by atoms with Crippen molar-refractivity contribution in [1.29, 1.82) is 0 Å². The van der Waals surface area contributed by atoms with E-state index in [0.717, 1.165) is 18.6 Å². The number of hydrogen-bond acceptors (Lipinski definition) is 2. The van der Waals surface area contributed by atoms with Gasteiger partial charge in [0.15, 0.2) is 5.65 Å². The summed E-state index contributed by atoms with van der Waals surface area (Å²) < 4.78 is 3.21. The van der Waals surface area contributed by atoms with Gasteiger partial charge < -0.3 is 0 Å². The Labute approximate surface area is 107 Å². The van der Waals surface area contributed by atoms with Gasteiger partial charge in [-0.1, -0.05) is 39.2 Å². The highest BCUT2D eigenvalue weighted by Gasteiger charge is 2.11. The van der Waals surface area contributed by atoms with Gasteiger partial charge in [0, 0.05) is 12.7 Å². The van der Waals surface area contributed by atoms with Crippen LogP contribution in [0.4, 0.5) is 0 Å². The van der Waals surface area contributed by atoms with Crippen molar-refractivity contribution in [2.75, 3.05) is 0 Å². The third-order valence-corrected chi connectivity index (χ3v) is 3.46. The molecular formula is C14H21N3O. The number of pyridine rings is 1. The first-order chi connectivity index (χ1) is 8.76. The predicted molar refractivity (Wildman–Crippen MR) is 72.8 cm³/mol. The van der Waals surface area contributed by atoms with Crippen molar-refractivity contribution in [2.45, 2.75) is 46.1 Å². The van der Waals surface area contributed by atoms with Gasteiger partial charge in [0.2, 0.25) is 0 Å². The van der Waals surface area contributed by atoms with Gasteiger partial charge in [-0.05, 0) is 24.5 Å². The Morgan fingerprint density at radius 3 is 2.83 bits per heavy atom. The fourth-order valence-electron chi connectivity index (χ4n) is 2.25. The van der Waals surface area contributed by atoms with Gasteiger partial charge in [-0.3, -0.25) is 4.40 Å². The summed E-state index contributed by atoms with van der Waals surface area (Å²) in [4.78, 5) is 12.1. The van der Waals surface area contributed by atoms with Gasteiger partial charge in [-0.25, -0.2) is 9.48 Å². The molecule has 0 radical (unpaired) electrons. The Morgan fingerprint density at radius 2 is 2.17 bits per heavy atom. The first-order valence-corrected chi connectivity index (χ1v) is 6.80. The normalized spacial score (nSPS) is 13.0. The van der Waals surface area contributed by atoms with E-state index < -0.39 is 0 Å². The van der Waals surface area contributed by atoms with Crippen LogP contribution >= 0.6 is 0 Å². The lowest BCUT2D eigenvalue weighted by Gasteiger charge is -2.12. The molecule has 0 aromatic carbocycles. The molecule has 4 heteroatoms. The van der Waals surface area contributed by atoms with E-state index in [9.17, 15) is 4.79 Å². The Hall–Kier alpha value is -1.58. The quantitative estimate of drug-likeness (QED) is 0.787. The second kappa shape index (κ2) is 5.85. The maximum Gasteiger partial charge on any atom is 0.350 e. The molecule has 2 rings (SSSR count). The molecule has 98 valence electrons. The molecule has 1 unspecified atom stereocenters. The zero-order valence-electron chi connectivity index (χ0n) is 11.2. The number of hydrogen-bond donors (Lipinski definition) is 0. The molecule has 0 amide bonds. The summed E-state index contributed by atoms with van der Waals surface area (Å²) in [5, 5.41) is 4.38. The molecule has 0 fully saturated rings. The standard InChI is InChI=1S/C14H21N3O/c1-3-5-8-12(4-2)11-17-14(18)16-10-7-6-9-13(16)15-17/h6-7,9-10,12H,3-5,8,11H2,1-2H3. The van der Waals surface area contributed by atoms with Gasteiger partial charge in [-0.15, -0.1) is 5.10 Å². The molecule has 0 aliphatic heterocycles. The Morgan fingerprint density at radius 1 is 1.33 bits per heavy atom. The summed E-state index contributed by atoms with van der Waals surface area (Å²) in [6.45, 7) is 5.11. The van der Waals surface area contributed by atoms with Gasteiger partial charge in [0.1, 0.15) is 0 Å². The van der Waals surface area contributed by atoms with E-state index in [4.69, 9.17) is 0 Å². The van der Waals surface area contributed by atoms with E-state index in [1.54, 1.807) is 15.3 Å². The topological polar surface area (TPSA) is 39.3 Å². The monoisotopic (exact) mass is 247 g/mol. The third-order valence-electron chi connectivity index (χ3n) is 3.46. The van der Waals surface area contributed by atoms with Gasteiger partial charge in [0.25, 0.3) is 0 Å². The molecular weight excluding hydrogens is 226 g/mol. The van der Waals surface area contributed by atoms with Crippen LogP contribution in [0, 0.1) is 5.92 Å². The molecule has 0 N–H and O–H groups in total. The van der Waals surface area contributed by atoms with Crippen LogP contribution < -0.4 is 5.69 Å². The molecule has 1 atom stereocenters. The van der Waals surface area contributed by atoms with Crippen molar-refractivity contribution in [2.24, 2.45) is 5.92 Å². The third kappa shape index (κ3) is 2.63. The summed E-state index contributed by atoms with van der Waals surface area (Å²) in [6, 6.07) is 5.63. The first kappa shape index (κ1) is 12.9. The van der Waals surface area contributed by atoms with E-state index in [2.05, 4.69) is 18.9 Å². The van der Waals surface area contributed by atoms with Crippen LogP contribution in [0.2, 0.25) is 0 Å². The molecule has 0 saturated heterocycles. The SMILES string of the molecule is CCCCC(CC)Cn1nc2ccccn2c1=O. The highest BCUT2D eigenvalue weighted by Crippen LogP contribution is 2.14. The highest BCUT2D eigenvalue weighted by molar-refractivity contribution is 5.35. The lowest BCUT2D eigenvalue weighted by molar-refractivity contribution is 0.366. The maximum absolute atomic E-state index is 12.1. The highest BCUT2D eigenvalue weighted by atomic mass is 16.2. The lowest BCUT2D eigenvalue weighted by Crippen LogP contribution is -2.24. The van der Waals surface area contributed by atoms with E-state index in [1.165, 1.54) is 19.3 Å². The molecule has 0 spiro atoms. The molecule has 2 aromatic rings. The molecule has 18 heavy (non-hydrogen) atoms. The van der Waals surface area contributed by atoms with Crippen molar-refractivity contribution in [3.8, 4) is 0 Å². The molecule has 2 heterocycles. The van der Waals surface area contributed by atoms with Crippen LogP contribution in [-0.2, 0) is 6.54 Å². The molecule has 2 aromatic heterocycles. The lowest BCUT2D eigenvalue weighted by atomic mass is 10.00. The summed E-state index contributed by atoms with van der Waals surface area (Å²) >= 11 is 0. The Kier molecular flexibility index (Phi) is 4.18. The zero-order valence-corrected chi connectivity index (χ0v) is 11.2. The number of rotatable bonds is 6. The Balaban J connectivity index is 2.20.